The summed E-state index contributed by atoms with van der Waals surface area (Å²) in [5.74, 6) is -1.000. The van der Waals surface area contributed by atoms with Crippen LogP contribution in [0.2, 0.25) is 0 Å². The summed E-state index contributed by atoms with van der Waals surface area (Å²) in [5.41, 5.74) is 5.11. The molecular weight excluding hydrogens is 480 g/mol. The van der Waals surface area contributed by atoms with Gasteiger partial charge in [0.2, 0.25) is 13.1 Å². The molecule has 3 aromatic carbocycles. The maximum absolute atomic E-state index is 13.5. The van der Waals surface area contributed by atoms with Crippen LogP contribution in [0.5, 0.6) is 0 Å². The minimum absolute atomic E-state index is 0.131. The third-order valence-corrected chi connectivity index (χ3v) is 7.36. The van der Waals surface area contributed by atoms with Crippen molar-refractivity contribution >= 4 is 34.0 Å². The molecule has 0 bridgehead atoms. The van der Waals surface area contributed by atoms with E-state index in [0.717, 1.165) is 40.5 Å². The second kappa shape index (κ2) is 8.14. The van der Waals surface area contributed by atoms with Crippen molar-refractivity contribution in [1.82, 2.24) is 0 Å². The third kappa shape index (κ3) is 3.17. The zero-order valence-electron chi connectivity index (χ0n) is 20.1. The minimum Gasteiger partial charge on any atom is -0.268 e. The van der Waals surface area contributed by atoms with Gasteiger partial charge in [-0.05, 0) is 47.5 Å². The van der Waals surface area contributed by atoms with Crippen LogP contribution < -0.4 is 14.0 Å². The van der Waals surface area contributed by atoms with Crippen molar-refractivity contribution in [3.63, 3.8) is 0 Å². The number of imide groups is 1. The van der Waals surface area contributed by atoms with Gasteiger partial charge in [-0.25, -0.2) is 4.90 Å². The molecule has 2 aromatic heterocycles. The fourth-order valence-electron chi connectivity index (χ4n) is 5.52. The second-order valence-corrected chi connectivity index (χ2v) is 9.38. The number of carbonyl (C=O) groups excluding carboxylic acids is 2. The van der Waals surface area contributed by atoms with Gasteiger partial charge < -0.3 is 0 Å². The summed E-state index contributed by atoms with van der Waals surface area (Å²) in [4.78, 5) is 39.1. The highest BCUT2D eigenvalue weighted by Crippen LogP contribution is 2.37. The number of aromatic nitrogens is 2. The van der Waals surface area contributed by atoms with Crippen molar-refractivity contribution < 1.29 is 23.6 Å². The van der Waals surface area contributed by atoms with E-state index in [2.05, 4.69) is 39.7 Å². The lowest BCUT2D eigenvalue weighted by atomic mass is 9.92. The van der Waals surface area contributed by atoms with E-state index in [1.165, 1.54) is 12.1 Å². The highest BCUT2D eigenvalue weighted by atomic mass is 16.6. The molecule has 8 heteroatoms. The van der Waals surface area contributed by atoms with Gasteiger partial charge in [-0.1, -0.05) is 18.2 Å². The zero-order valence-corrected chi connectivity index (χ0v) is 20.1. The Morgan fingerprint density at radius 2 is 1.45 bits per heavy atom. The Morgan fingerprint density at radius 1 is 0.711 bits per heavy atom. The summed E-state index contributed by atoms with van der Waals surface area (Å²) in [6.07, 6.45) is 4.17. The standard InChI is InChI=1S/C30H20N4O4/c35-29-23-5-3-4-22-25(34(37)38)12-11-24(28(22)23)30(36)33(29)21-9-7-19(8-10-21)20-13-15-32-17-16-31-14-2-1-6-26(31)27(32)18-20/h1-15,18H,16-17H2/q+2. The molecule has 38 heavy (non-hydrogen) atoms. The average molecular weight is 501 g/mol. The van der Waals surface area contributed by atoms with Crippen LogP contribution in [-0.4, -0.2) is 16.7 Å². The van der Waals surface area contributed by atoms with Crippen LogP contribution >= 0.6 is 0 Å². The number of anilines is 1. The summed E-state index contributed by atoms with van der Waals surface area (Å²) in [5, 5.41) is 12.1. The summed E-state index contributed by atoms with van der Waals surface area (Å²) >= 11 is 0. The van der Waals surface area contributed by atoms with Crippen LogP contribution in [0.1, 0.15) is 20.7 Å². The Morgan fingerprint density at radius 3 is 2.21 bits per heavy atom. The Hall–Kier alpha value is -5.24. The van der Waals surface area contributed by atoms with E-state index in [9.17, 15) is 19.7 Å². The normalized spacial score (nSPS) is 13.8. The molecule has 182 valence electrons. The number of rotatable bonds is 3. The van der Waals surface area contributed by atoms with Gasteiger partial charge in [-0.3, -0.25) is 19.7 Å². The lowest BCUT2D eigenvalue weighted by molar-refractivity contribution is -0.794. The van der Waals surface area contributed by atoms with Gasteiger partial charge in [-0.2, -0.15) is 9.13 Å². The predicted molar refractivity (Wildman–Crippen MR) is 139 cm³/mol. The molecular formula is C30H20N4O4+2. The van der Waals surface area contributed by atoms with Crippen molar-refractivity contribution in [2.75, 3.05) is 4.90 Å². The Kier molecular flexibility index (Phi) is 4.71. The Labute approximate surface area is 216 Å². The number of hydrogen-bond acceptors (Lipinski definition) is 4. The van der Waals surface area contributed by atoms with E-state index in [4.69, 9.17) is 0 Å². The number of hydrogen-bond donors (Lipinski definition) is 0. The van der Waals surface area contributed by atoms with Gasteiger partial charge >= 0.3 is 0 Å². The molecule has 0 fully saturated rings. The van der Waals surface area contributed by atoms with Crippen molar-refractivity contribution in [3.05, 3.63) is 119 Å². The lowest BCUT2D eigenvalue weighted by Crippen LogP contribution is -2.52. The SMILES string of the molecule is O=C1c2cccc3c([N+](=O)[O-])ccc(c23)C(=O)N1c1ccc(-c2cc[n+]3c(c2)-c2cccc[n+]2CC3)cc1. The van der Waals surface area contributed by atoms with E-state index in [1.54, 1.807) is 30.3 Å². The van der Waals surface area contributed by atoms with Crippen LogP contribution in [-0.2, 0) is 13.1 Å². The molecule has 2 aliphatic heterocycles. The maximum Gasteiger partial charge on any atom is 0.278 e. The minimum atomic E-state index is -0.501. The second-order valence-electron chi connectivity index (χ2n) is 9.38. The lowest BCUT2D eigenvalue weighted by Gasteiger charge is -2.27. The van der Waals surface area contributed by atoms with Gasteiger partial charge in [0.25, 0.3) is 28.9 Å². The smallest absolute Gasteiger partial charge is 0.268 e. The summed E-state index contributed by atoms with van der Waals surface area (Å²) < 4.78 is 4.48. The number of nitro benzene ring substituents is 1. The molecule has 0 unspecified atom stereocenters. The predicted octanol–water partition coefficient (Wildman–Crippen LogP) is 4.47. The van der Waals surface area contributed by atoms with Crippen molar-refractivity contribution in [3.8, 4) is 22.5 Å². The van der Waals surface area contributed by atoms with Gasteiger partial charge in [0.1, 0.15) is 0 Å². The molecule has 0 atom stereocenters. The van der Waals surface area contributed by atoms with Crippen LogP contribution in [0.15, 0.2) is 97.3 Å². The molecule has 8 nitrogen and oxygen atoms in total. The number of pyridine rings is 2. The molecule has 5 aromatic rings. The largest absolute Gasteiger partial charge is 0.278 e. The monoisotopic (exact) mass is 500 g/mol. The first-order valence-electron chi connectivity index (χ1n) is 12.2. The molecule has 0 saturated carbocycles. The van der Waals surface area contributed by atoms with Crippen LogP contribution in [0.4, 0.5) is 11.4 Å². The number of carbonyl (C=O) groups is 2. The van der Waals surface area contributed by atoms with Crippen LogP contribution in [0.25, 0.3) is 33.3 Å². The number of aryl methyl sites for hydroxylation is 2. The van der Waals surface area contributed by atoms with Gasteiger partial charge in [0.15, 0.2) is 12.4 Å². The van der Waals surface area contributed by atoms with E-state index < -0.39 is 16.7 Å². The molecule has 0 saturated heterocycles. The van der Waals surface area contributed by atoms with Crippen LogP contribution in [0, 0.1) is 10.1 Å². The molecule has 4 heterocycles. The number of nitro groups is 1. The number of benzene rings is 3. The first kappa shape index (κ1) is 22.0. The van der Waals surface area contributed by atoms with Gasteiger partial charge in [-0.15, -0.1) is 0 Å². The molecule has 0 aliphatic carbocycles. The number of non-ortho nitro benzene ring substituents is 1. The quantitative estimate of drug-likeness (QED) is 0.158. The topological polar surface area (TPSA) is 88.3 Å². The summed E-state index contributed by atoms with van der Waals surface area (Å²) in [7, 11) is 0. The van der Waals surface area contributed by atoms with Gasteiger partial charge in [0, 0.05) is 46.8 Å². The molecule has 2 aliphatic rings. The highest BCUT2D eigenvalue weighted by Gasteiger charge is 2.36. The number of amides is 2. The van der Waals surface area contributed by atoms with E-state index >= 15 is 0 Å². The van der Waals surface area contributed by atoms with E-state index in [0.29, 0.717) is 11.1 Å². The summed E-state index contributed by atoms with van der Waals surface area (Å²) in [6.45, 7) is 1.82. The third-order valence-electron chi connectivity index (χ3n) is 7.36. The zero-order chi connectivity index (χ0) is 26.0. The fourth-order valence-corrected chi connectivity index (χ4v) is 5.52. The van der Waals surface area contributed by atoms with Crippen molar-refractivity contribution in [1.29, 1.82) is 0 Å². The molecule has 0 N–H and O–H groups in total. The van der Waals surface area contributed by atoms with Crippen molar-refractivity contribution in [2.45, 2.75) is 13.1 Å². The highest BCUT2D eigenvalue weighted by molar-refractivity contribution is 6.36. The van der Waals surface area contributed by atoms with Gasteiger partial charge in [0.05, 0.1) is 16.0 Å². The number of nitrogens with zero attached hydrogens (tertiary/aromatic N) is 4. The molecule has 0 radical (unpaired) electrons. The summed E-state index contributed by atoms with van der Waals surface area (Å²) in [6, 6.07) is 25.2. The van der Waals surface area contributed by atoms with Crippen molar-refractivity contribution in [2.24, 2.45) is 0 Å². The molecule has 0 spiro atoms. The molecule has 7 rings (SSSR count). The Balaban J connectivity index is 1.26. The molecule has 2 amide bonds. The van der Waals surface area contributed by atoms with Crippen LogP contribution in [0.3, 0.4) is 0 Å². The van der Waals surface area contributed by atoms with E-state index in [1.807, 2.05) is 24.3 Å². The Bertz CT molecular complexity index is 1820. The fraction of sp³-hybridized carbons (Fsp3) is 0.0667. The average Bonchev–Trinajstić information content (AvgIpc) is 2.95. The number of fused-ring (bicyclic) bond motifs is 3. The van der Waals surface area contributed by atoms with E-state index in [-0.39, 0.29) is 22.2 Å². The maximum atomic E-state index is 13.5. The first-order valence-corrected chi connectivity index (χ1v) is 12.2. The first-order chi connectivity index (χ1) is 18.5.